The molecule has 94 valence electrons. The molecule has 2 rings (SSSR count). The lowest BCUT2D eigenvalue weighted by atomic mass is 10.1. The summed E-state index contributed by atoms with van der Waals surface area (Å²) in [5.74, 6) is 0. The summed E-state index contributed by atoms with van der Waals surface area (Å²) in [6, 6.07) is 16.8. The molecule has 2 aromatic carbocycles. The molecule has 0 amide bonds. The lowest BCUT2D eigenvalue weighted by Gasteiger charge is -2.11. The highest BCUT2D eigenvalue weighted by Crippen LogP contribution is 2.17. The third-order valence-electron chi connectivity index (χ3n) is 2.92. The molecule has 0 atom stereocenters. The molecule has 2 nitrogen and oxygen atoms in total. The number of aryl methyl sites for hydroxylation is 1. The van der Waals surface area contributed by atoms with Crippen molar-refractivity contribution in [2.45, 2.75) is 20.1 Å². The lowest BCUT2D eigenvalue weighted by Crippen LogP contribution is -2.02. The lowest BCUT2D eigenvalue weighted by molar-refractivity contribution is 0.185. The SMILES string of the molecule is COCc1ccccc1NCc1ccc(C)cc1. The number of ether oxygens (including phenoxy) is 1. The normalized spacial score (nSPS) is 10.3. The smallest absolute Gasteiger partial charge is 0.0733 e. The number of para-hydroxylation sites is 1. The van der Waals surface area contributed by atoms with E-state index >= 15 is 0 Å². The Hall–Kier alpha value is -1.80. The molecule has 0 aromatic heterocycles. The standard InChI is InChI=1S/C16H19NO/c1-13-7-9-14(10-8-13)11-17-16-6-4-3-5-15(16)12-18-2/h3-10,17H,11-12H2,1-2H3. The second kappa shape index (κ2) is 6.22. The first-order chi connectivity index (χ1) is 8.79. The van der Waals surface area contributed by atoms with E-state index in [1.165, 1.54) is 16.7 Å². The first-order valence-electron chi connectivity index (χ1n) is 6.16. The van der Waals surface area contributed by atoms with Crippen LogP contribution in [0.5, 0.6) is 0 Å². The molecule has 2 aromatic rings. The summed E-state index contributed by atoms with van der Waals surface area (Å²) >= 11 is 0. The van der Waals surface area contributed by atoms with Gasteiger partial charge in [-0.2, -0.15) is 0 Å². The second-order valence-corrected chi connectivity index (χ2v) is 4.43. The Morgan fingerprint density at radius 3 is 2.44 bits per heavy atom. The Morgan fingerprint density at radius 1 is 1.00 bits per heavy atom. The van der Waals surface area contributed by atoms with Gasteiger partial charge in [-0.1, -0.05) is 48.0 Å². The molecule has 0 radical (unpaired) electrons. The summed E-state index contributed by atoms with van der Waals surface area (Å²) in [5, 5.41) is 3.45. The van der Waals surface area contributed by atoms with Crippen molar-refractivity contribution in [2.24, 2.45) is 0 Å². The van der Waals surface area contributed by atoms with E-state index in [1.807, 2.05) is 12.1 Å². The van der Waals surface area contributed by atoms with E-state index in [0.717, 1.165) is 12.2 Å². The monoisotopic (exact) mass is 241 g/mol. The summed E-state index contributed by atoms with van der Waals surface area (Å²) in [6.07, 6.45) is 0. The van der Waals surface area contributed by atoms with Gasteiger partial charge in [0, 0.05) is 24.9 Å². The van der Waals surface area contributed by atoms with E-state index in [1.54, 1.807) is 7.11 Å². The molecular formula is C16H19NO. The molecule has 0 unspecified atom stereocenters. The Balaban J connectivity index is 2.03. The highest BCUT2D eigenvalue weighted by atomic mass is 16.5. The highest BCUT2D eigenvalue weighted by molar-refractivity contribution is 5.51. The summed E-state index contributed by atoms with van der Waals surface area (Å²) in [5.41, 5.74) is 4.90. The van der Waals surface area contributed by atoms with Crippen molar-refractivity contribution >= 4 is 5.69 Å². The molecular weight excluding hydrogens is 222 g/mol. The number of hydrogen-bond donors (Lipinski definition) is 1. The molecule has 0 spiro atoms. The maximum absolute atomic E-state index is 5.20. The topological polar surface area (TPSA) is 21.3 Å². The van der Waals surface area contributed by atoms with E-state index in [-0.39, 0.29) is 0 Å². The van der Waals surface area contributed by atoms with Crippen LogP contribution in [-0.2, 0) is 17.9 Å². The number of nitrogens with one attached hydrogen (secondary N) is 1. The fourth-order valence-electron chi connectivity index (χ4n) is 1.88. The van der Waals surface area contributed by atoms with Gasteiger partial charge in [0.05, 0.1) is 6.61 Å². The molecule has 2 heteroatoms. The Labute approximate surface area is 109 Å². The fourth-order valence-corrected chi connectivity index (χ4v) is 1.88. The molecule has 1 N–H and O–H groups in total. The average molecular weight is 241 g/mol. The Morgan fingerprint density at radius 2 is 1.72 bits per heavy atom. The average Bonchev–Trinajstić information content (AvgIpc) is 2.40. The highest BCUT2D eigenvalue weighted by Gasteiger charge is 2.00. The van der Waals surface area contributed by atoms with Crippen molar-refractivity contribution in [3.8, 4) is 0 Å². The summed E-state index contributed by atoms with van der Waals surface area (Å²) < 4.78 is 5.20. The van der Waals surface area contributed by atoms with Crippen molar-refractivity contribution in [3.05, 3.63) is 65.2 Å². The largest absolute Gasteiger partial charge is 0.381 e. The molecule has 0 saturated heterocycles. The molecule has 0 heterocycles. The fraction of sp³-hybridized carbons (Fsp3) is 0.250. The zero-order valence-corrected chi connectivity index (χ0v) is 10.9. The van der Waals surface area contributed by atoms with Crippen LogP contribution in [0.25, 0.3) is 0 Å². The number of methoxy groups -OCH3 is 1. The van der Waals surface area contributed by atoms with Gasteiger partial charge in [0.2, 0.25) is 0 Å². The van der Waals surface area contributed by atoms with Gasteiger partial charge in [0.15, 0.2) is 0 Å². The van der Waals surface area contributed by atoms with Crippen molar-refractivity contribution < 1.29 is 4.74 Å². The first-order valence-corrected chi connectivity index (χ1v) is 6.16. The van der Waals surface area contributed by atoms with Gasteiger partial charge in [0.25, 0.3) is 0 Å². The van der Waals surface area contributed by atoms with Gasteiger partial charge < -0.3 is 10.1 Å². The molecule has 0 aliphatic heterocycles. The van der Waals surface area contributed by atoms with Crippen molar-refractivity contribution in [1.82, 2.24) is 0 Å². The van der Waals surface area contributed by atoms with Gasteiger partial charge in [0.1, 0.15) is 0 Å². The van der Waals surface area contributed by atoms with E-state index in [2.05, 4.69) is 48.6 Å². The van der Waals surface area contributed by atoms with E-state index in [0.29, 0.717) is 6.61 Å². The van der Waals surface area contributed by atoms with E-state index in [4.69, 9.17) is 4.74 Å². The first kappa shape index (κ1) is 12.7. The van der Waals surface area contributed by atoms with Crippen LogP contribution in [0.3, 0.4) is 0 Å². The van der Waals surface area contributed by atoms with E-state index in [9.17, 15) is 0 Å². The minimum absolute atomic E-state index is 0.636. The van der Waals surface area contributed by atoms with Crippen LogP contribution >= 0.6 is 0 Å². The number of anilines is 1. The summed E-state index contributed by atoms with van der Waals surface area (Å²) in [6.45, 7) is 3.57. The van der Waals surface area contributed by atoms with Crippen LogP contribution in [0.4, 0.5) is 5.69 Å². The van der Waals surface area contributed by atoms with Crippen LogP contribution in [0.1, 0.15) is 16.7 Å². The molecule has 0 saturated carbocycles. The molecule has 18 heavy (non-hydrogen) atoms. The van der Waals surface area contributed by atoms with Crippen molar-refractivity contribution in [1.29, 1.82) is 0 Å². The zero-order chi connectivity index (χ0) is 12.8. The maximum atomic E-state index is 5.20. The van der Waals surface area contributed by atoms with Crippen LogP contribution < -0.4 is 5.32 Å². The summed E-state index contributed by atoms with van der Waals surface area (Å²) in [7, 11) is 1.72. The molecule has 0 fully saturated rings. The van der Waals surface area contributed by atoms with Crippen molar-refractivity contribution in [2.75, 3.05) is 12.4 Å². The zero-order valence-electron chi connectivity index (χ0n) is 10.9. The van der Waals surface area contributed by atoms with Crippen LogP contribution in [-0.4, -0.2) is 7.11 Å². The Bertz CT molecular complexity index is 491. The van der Waals surface area contributed by atoms with Gasteiger partial charge >= 0.3 is 0 Å². The van der Waals surface area contributed by atoms with Gasteiger partial charge in [-0.05, 0) is 18.6 Å². The molecule has 0 aliphatic carbocycles. The van der Waals surface area contributed by atoms with E-state index < -0.39 is 0 Å². The predicted octanol–water partition coefficient (Wildman–Crippen LogP) is 3.75. The van der Waals surface area contributed by atoms with Gasteiger partial charge in [-0.3, -0.25) is 0 Å². The quantitative estimate of drug-likeness (QED) is 0.860. The summed E-state index contributed by atoms with van der Waals surface area (Å²) in [4.78, 5) is 0. The third-order valence-corrected chi connectivity index (χ3v) is 2.92. The van der Waals surface area contributed by atoms with Crippen molar-refractivity contribution in [3.63, 3.8) is 0 Å². The minimum atomic E-state index is 0.636. The molecule has 0 aliphatic rings. The van der Waals surface area contributed by atoms with Crippen LogP contribution in [0.2, 0.25) is 0 Å². The number of rotatable bonds is 5. The number of hydrogen-bond acceptors (Lipinski definition) is 2. The van der Waals surface area contributed by atoms with Crippen LogP contribution in [0.15, 0.2) is 48.5 Å². The number of benzene rings is 2. The predicted molar refractivity (Wildman–Crippen MR) is 75.7 cm³/mol. The van der Waals surface area contributed by atoms with Gasteiger partial charge in [-0.25, -0.2) is 0 Å². The van der Waals surface area contributed by atoms with Crippen LogP contribution in [0, 0.1) is 6.92 Å². The maximum Gasteiger partial charge on any atom is 0.0733 e. The minimum Gasteiger partial charge on any atom is -0.381 e. The third kappa shape index (κ3) is 3.34. The Kier molecular flexibility index (Phi) is 4.37. The second-order valence-electron chi connectivity index (χ2n) is 4.43. The molecule has 0 bridgehead atoms. The van der Waals surface area contributed by atoms with Gasteiger partial charge in [-0.15, -0.1) is 0 Å².